The minimum atomic E-state index is -1.42. The standard InChI is InChI=1S/C22H23N3O6/c26-13-17-19(28)20(29)21(31-17)24-9-7-18(27)25(22(24)30)12-16-11-15(6-8-23-16)10-14-4-2-1-3-5-14/h1-9,11,17,19-21,26,28-29H,10,12-13H2/t17-,19-,20-,21-/m1/s1. The van der Waals surface area contributed by atoms with Crippen LogP contribution in [0.5, 0.6) is 0 Å². The first-order valence-corrected chi connectivity index (χ1v) is 9.90. The van der Waals surface area contributed by atoms with Crippen LogP contribution in [0.4, 0.5) is 0 Å². The molecule has 0 spiro atoms. The molecular formula is C22H23N3O6. The highest BCUT2D eigenvalue weighted by Gasteiger charge is 2.43. The molecule has 1 fully saturated rings. The summed E-state index contributed by atoms with van der Waals surface area (Å²) in [5, 5.41) is 29.4. The van der Waals surface area contributed by atoms with Crippen molar-refractivity contribution in [3.05, 3.63) is 98.6 Å². The van der Waals surface area contributed by atoms with E-state index in [9.17, 15) is 24.9 Å². The number of hydrogen-bond acceptors (Lipinski definition) is 7. The first-order chi connectivity index (χ1) is 15.0. The fraction of sp³-hybridized carbons (Fsp3) is 0.318. The number of aliphatic hydroxyl groups excluding tert-OH is 3. The van der Waals surface area contributed by atoms with Crippen LogP contribution >= 0.6 is 0 Å². The van der Waals surface area contributed by atoms with E-state index in [1.54, 1.807) is 6.20 Å². The molecule has 3 heterocycles. The molecule has 1 aliphatic heterocycles. The Morgan fingerprint density at radius 2 is 1.77 bits per heavy atom. The first kappa shape index (κ1) is 21.1. The molecule has 0 bridgehead atoms. The van der Waals surface area contributed by atoms with Crippen molar-refractivity contribution in [1.82, 2.24) is 14.1 Å². The predicted octanol–water partition coefficient (Wildman–Crippen LogP) is -0.344. The van der Waals surface area contributed by atoms with Gasteiger partial charge in [-0.05, 0) is 29.7 Å². The third kappa shape index (κ3) is 4.35. The summed E-state index contributed by atoms with van der Waals surface area (Å²) < 4.78 is 7.44. The van der Waals surface area contributed by atoms with E-state index < -0.39 is 42.4 Å². The number of benzene rings is 1. The summed E-state index contributed by atoms with van der Waals surface area (Å²) in [7, 11) is 0. The Labute approximate surface area is 177 Å². The van der Waals surface area contributed by atoms with Gasteiger partial charge < -0.3 is 20.1 Å². The van der Waals surface area contributed by atoms with Crippen LogP contribution in [0.1, 0.15) is 23.0 Å². The van der Waals surface area contributed by atoms with E-state index in [-0.39, 0.29) is 6.54 Å². The second-order valence-electron chi connectivity index (χ2n) is 7.48. The first-order valence-electron chi connectivity index (χ1n) is 9.90. The lowest BCUT2D eigenvalue weighted by atomic mass is 10.1. The van der Waals surface area contributed by atoms with Gasteiger partial charge in [-0.25, -0.2) is 4.79 Å². The van der Waals surface area contributed by atoms with Crippen molar-refractivity contribution in [2.75, 3.05) is 6.61 Å². The maximum atomic E-state index is 13.0. The molecule has 1 aromatic carbocycles. The molecule has 4 atom stereocenters. The monoisotopic (exact) mass is 425 g/mol. The van der Waals surface area contributed by atoms with Gasteiger partial charge in [0.05, 0.1) is 18.8 Å². The second kappa shape index (κ2) is 8.94. The summed E-state index contributed by atoms with van der Waals surface area (Å²) >= 11 is 0. The summed E-state index contributed by atoms with van der Waals surface area (Å²) in [6, 6.07) is 14.8. The molecule has 4 rings (SSSR count). The largest absolute Gasteiger partial charge is 0.394 e. The highest BCUT2D eigenvalue weighted by molar-refractivity contribution is 5.26. The van der Waals surface area contributed by atoms with Gasteiger partial charge in [0.2, 0.25) is 0 Å². The van der Waals surface area contributed by atoms with Gasteiger partial charge in [-0.15, -0.1) is 0 Å². The van der Waals surface area contributed by atoms with Crippen LogP contribution in [0.25, 0.3) is 0 Å². The molecule has 9 nitrogen and oxygen atoms in total. The van der Waals surface area contributed by atoms with Crippen molar-refractivity contribution in [3.8, 4) is 0 Å². The molecule has 1 saturated heterocycles. The zero-order chi connectivity index (χ0) is 22.0. The minimum absolute atomic E-state index is 0.0596. The average Bonchev–Trinajstić information content (AvgIpc) is 3.06. The Kier molecular flexibility index (Phi) is 6.10. The van der Waals surface area contributed by atoms with Crippen molar-refractivity contribution in [2.45, 2.75) is 37.5 Å². The maximum Gasteiger partial charge on any atom is 0.333 e. The van der Waals surface area contributed by atoms with Crippen LogP contribution < -0.4 is 11.2 Å². The van der Waals surface area contributed by atoms with Crippen molar-refractivity contribution in [2.24, 2.45) is 0 Å². The molecule has 2 aromatic heterocycles. The molecule has 0 radical (unpaired) electrons. The molecule has 9 heteroatoms. The summed E-state index contributed by atoms with van der Waals surface area (Å²) in [5.41, 5.74) is 1.42. The third-order valence-corrected chi connectivity index (χ3v) is 5.34. The van der Waals surface area contributed by atoms with Gasteiger partial charge in [-0.2, -0.15) is 0 Å². The number of aliphatic hydroxyl groups is 3. The van der Waals surface area contributed by atoms with Crippen molar-refractivity contribution in [3.63, 3.8) is 0 Å². The maximum absolute atomic E-state index is 13.0. The van der Waals surface area contributed by atoms with Crippen LogP contribution in [0, 0.1) is 0 Å². The number of ether oxygens (including phenoxy) is 1. The quantitative estimate of drug-likeness (QED) is 0.493. The summed E-state index contributed by atoms with van der Waals surface area (Å²) in [6.07, 6.45) is -1.49. The van der Waals surface area contributed by atoms with Crippen LogP contribution in [0.15, 0.2) is 70.5 Å². The van der Waals surface area contributed by atoms with Gasteiger partial charge in [-0.3, -0.25) is 18.9 Å². The number of nitrogens with zero attached hydrogens (tertiary/aromatic N) is 3. The molecule has 1 aliphatic rings. The molecule has 31 heavy (non-hydrogen) atoms. The van der Waals surface area contributed by atoms with E-state index in [0.717, 1.165) is 20.3 Å². The van der Waals surface area contributed by atoms with Gasteiger partial charge >= 0.3 is 5.69 Å². The molecule has 3 N–H and O–H groups in total. The summed E-state index contributed by atoms with van der Waals surface area (Å²) in [5.74, 6) is 0. The molecule has 0 aliphatic carbocycles. The zero-order valence-corrected chi connectivity index (χ0v) is 16.6. The minimum Gasteiger partial charge on any atom is -0.394 e. The summed E-state index contributed by atoms with van der Waals surface area (Å²) in [6.45, 7) is -0.572. The number of pyridine rings is 1. The lowest BCUT2D eigenvalue weighted by Crippen LogP contribution is -2.43. The van der Waals surface area contributed by atoms with Gasteiger partial charge in [0.1, 0.15) is 18.3 Å². The highest BCUT2D eigenvalue weighted by Crippen LogP contribution is 2.27. The zero-order valence-electron chi connectivity index (χ0n) is 16.6. The lowest BCUT2D eigenvalue weighted by molar-refractivity contribution is -0.0555. The molecule has 3 aromatic rings. The van der Waals surface area contributed by atoms with Gasteiger partial charge in [0.15, 0.2) is 6.23 Å². The fourth-order valence-electron chi connectivity index (χ4n) is 3.70. The summed E-state index contributed by atoms with van der Waals surface area (Å²) in [4.78, 5) is 29.6. The molecule has 0 unspecified atom stereocenters. The average molecular weight is 425 g/mol. The van der Waals surface area contributed by atoms with E-state index >= 15 is 0 Å². The van der Waals surface area contributed by atoms with Crippen LogP contribution in [-0.2, 0) is 17.7 Å². The van der Waals surface area contributed by atoms with Crippen LogP contribution in [0.3, 0.4) is 0 Å². The smallest absolute Gasteiger partial charge is 0.333 e. The predicted molar refractivity (Wildman–Crippen MR) is 111 cm³/mol. The number of aromatic nitrogens is 3. The van der Waals surface area contributed by atoms with Crippen molar-refractivity contribution >= 4 is 0 Å². The van der Waals surface area contributed by atoms with Gasteiger partial charge in [0, 0.05) is 18.5 Å². The van der Waals surface area contributed by atoms with E-state index in [1.165, 1.54) is 12.3 Å². The van der Waals surface area contributed by atoms with E-state index in [1.807, 2.05) is 42.5 Å². The molecule has 0 amide bonds. The Morgan fingerprint density at radius 1 is 1.00 bits per heavy atom. The molecule has 0 saturated carbocycles. The van der Waals surface area contributed by atoms with Crippen LogP contribution in [-0.4, -0.2) is 54.4 Å². The number of hydrogen-bond donors (Lipinski definition) is 3. The Hall–Kier alpha value is -3.11. The van der Waals surface area contributed by atoms with E-state index in [2.05, 4.69) is 4.98 Å². The van der Waals surface area contributed by atoms with Crippen molar-refractivity contribution < 1.29 is 20.1 Å². The normalized spacial score (nSPS) is 23.2. The third-order valence-electron chi connectivity index (χ3n) is 5.34. The topological polar surface area (TPSA) is 127 Å². The van der Waals surface area contributed by atoms with Gasteiger partial charge in [-0.1, -0.05) is 30.3 Å². The number of rotatable bonds is 6. The molecule has 162 valence electrons. The van der Waals surface area contributed by atoms with Crippen LogP contribution in [0.2, 0.25) is 0 Å². The van der Waals surface area contributed by atoms with E-state index in [0.29, 0.717) is 12.1 Å². The van der Waals surface area contributed by atoms with E-state index in [4.69, 9.17) is 4.74 Å². The fourth-order valence-corrected chi connectivity index (χ4v) is 3.70. The SMILES string of the molecule is O=c1ccn([C@@H]2O[C@H](CO)[C@@H](O)[C@H]2O)c(=O)n1Cc1cc(Cc2ccccc2)ccn1. The Balaban J connectivity index is 1.61. The van der Waals surface area contributed by atoms with Crippen molar-refractivity contribution in [1.29, 1.82) is 0 Å². The van der Waals surface area contributed by atoms with Gasteiger partial charge in [0.25, 0.3) is 5.56 Å². The second-order valence-corrected chi connectivity index (χ2v) is 7.48. The highest BCUT2D eigenvalue weighted by atomic mass is 16.6. The molecular weight excluding hydrogens is 402 g/mol. The lowest BCUT2D eigenvalue weighted by Gasteiger charge is -2.18. The Morgan fingerprint density at radius 3 is 2.48 bits per heavy atom. The Bertz CT molecular complexity index is 1160.